The van der Waals surface area contributed by atoms with Crippen molar-refractivity contribution in [1.82, 2.24) is 9.62 Å². The molecular weight excluding hydrogens is 308 g/mol. The molecule has 0 spiro atoms. The number of hydrogen-bond donors (Lipinski definition) is 1. The van der Waals surface area contributed by atoms with E-state index in [0.717, 1.165) is 4.88 Å². The minimum absolute atomic E-state index is 0.382. The Labute approximate surface area is 131 Å². The summed E-state index contributed by atoms with van der Waals surface area (Å²) < 4.78 is 32.5. The molecule has 0 atom stereocenters. The van der Waals surface area contributed by atoms with E-state index in [1.807, 2.05) is 13.8 Å². The number of morpholine rings is 1. The minimum Gasteiger partial charge on any atom is -0.373 e. The van der Waals surface area contributed by atoms with E-state index >= 15 is 0 Å². The van der Waals surface area contributed by atoms with Gasteiger partial charge in [0.25, 0.3) is 0 Å². The molecule has 2 rings (SSSR count). The molecule has 0 aliphatic carbocycles. The van der Waals surface area contributed by atoms with Crippen LogP contribution in [-0.2, 0) is 21.3 Å². The molecule has 120 valence electrons. The van der Waals surface area contributed by atoms with Crippen LogP contribution in [0.25, 0.3) is 0 Å². The SMILES string of the molecule is CC(C)NCc1cc(S(=O)(=O)N2CCOC(C)(C)C2)cs1. The summed E-state index contributed by atoms with van der Waals surface area (Å²) in [5, 5.41) is 5.03. The van der Waals surface area contributed by atoms with Gasteiger partial charge in [0.1, 0.15) is 0 Å². The van der Waals surface area contributed by atoms with E-state index in [0.29, 0.717) is 37.2 Å². The number of thiophene rings is 1. The van der Waals surface area contributed by atoms with Crippen LogP contribution in [0, 0.1) is 0 Å². The van der Waals surface area contributed by atoms with Gasteiger partial charge in [-0.15, -0.1) is 11.3 Å². The summed E-state index contributed by atoms with van der Waals surface area (Å²) in [4.78, 5) is 1.43. The van der Waals surface area contributed by atoms with Crippen LogP contribution in [0.1, 0.15) is 32.6 Å². The maximum atomic E-state index is 12.7. The summed E-state index contributed by atoms with van der Waals surface area (Å²) in [7, 11) is -3.41. The van der Waals surface area contributed by atoms with E-state index in [-0.39, 0.29) is 0 Å². The summed E-state index contributed by atoms with van der Waals surface area (Å²) in [5.74, 6) is 0. The van der Waals surface area contributed by atoms with Gasteiger partial charge in [0.15, 0.2) is 0 Å². The highest BCUT2D eigenvalue weighted by atomic mass is 32.2. The standard InChI is InChI=1S/C14H24N2O3S2/c1-11(2)15-8-12-7-13(9-20-12)21(17,18)16-5-6-19-14(3,4)10-16/h7,9,11,15H,5-6,8,10H2,1-4H3. The largest absolute Gasteiger partial charge is 0.373 e. The van der Waals surface area contributed by atoms with Gasteiger partial charge in [-0.05, 0) is 19.9 Å². The van der Waals surface area contributed by atoms with Gasteiger partial charge in [-0.3, -0.25) is 0 Å². The average Bonchev–Trinajstić information content (AvgIpc) is 2.84. The van der Waals surface area contributed by atoms with E-state index in [1.54, 1.807) is 11.4 Å². The highest BCUT2D eigenvalue weighted by molar-refractivity contribution is 7.89. The lowest BCUT2D eigenvalue weighted by Gasteiger charge is -2.37. The van der Waals surface area contributed by atoms with Crippen molar-refractivity contribution in [3.63, 3.8) is 0 Å². The van der Waals surface area contributed by atoms with Gasteiger partial charge in [-0.1, -0.05) is 13.8 Å². The fourth-order valence-corrected chi connectivity index (χ4v) is 5.01. The van der Waals surface area contributed by atoms with E-state index in [4.69, 9.17) is 4.74 Å². The van der Waals surface area contributed by atoms with Crippen molar-refractivity contribution in [2.45, 2.75) is 50.8 Å². The summed E-state index contributed by atoms with van der Waals surface area (Å²) in [5.41, 5.74) is -0.427. The maximum Gasteiger partial charge on any atom is 0.244 e. The van der Waals surface area contributed by atoms with E-state index in [2.05, 4.69) is 19.2 Å². The predicted octanol–water partition coefficient (Wildman–Crippen LogP) is 2.05. The molecule has 21 heavy (non-hydrogen) atoms. The first-order valence-electron chi connectivity index (χ1n) is 7.16. The van der Waals surface area contributed by atoms with Crippen molar-refractivity contribution < 1.29 is 13.2 Å². The first-order valence-corrected chi connectivity index (χ1v) is 9.47. The molecule has 0 saturated carbocycles. The first-order chi connectivity index (χ1) is 9.71. The highest BCUT2D eigenvalue weighted by Crippen LogP contribution is 2.26. The van der Waals surface area contributed by atoms with Gasteiger partial charge in [-0.25, -0.2) is 8.42 Å². The summed E-state index contributed by atoms with van der Waals surface area (Å²) in [6.07, 6.45) is 0. The normalized spacial score (nSPS) is 20.0. The number of nitrogens with zero attached hydrogens (tertiary/aromatic N) is 1. The molecule has 0 amide bonds. The Bertz CT molecular complexity index is 579. The zero-order chi connectivity index (χ0) is 15.7. The average molecular weight is 332 g/mol. The van der Waals surface area contributed by atoms with Gasteiger partial charge in [0, 0.05) is 35.9 Å². The van der Waals surface area contributed by atoms with Crippen molar-refractivity contribution in [2.24, 2.45) is 0 Å². The Kier molecular flexibility index (Phi) is 5.10. The lowest BCUT2D eigenvalue weighted by Crippen LogP contribution is -2.50. The summed E-state index contributed by atoms with van der Waals surface area (Å²) in [6, 6.07) is 2.16. The molecule has 0 bridgehead atoms. The van der Waals surface area contributed by atoms with Crippen molar-refractivity contribution >= 4 is 21.4 Å². The Balaban J connectivity index is 2.12. The van der Waals surface area contributed by atoms with Crippen LogP contribution < -0.4 is 5.32 Å². The van der Waals surface area contributed by atoms with Crippen LogP contribution in [0.2, 0.25) is 0 Å². The minimum atomic E-state index is -3.41. The molecule has 1 N–H and O–H groups in total. The quantitative estimate of drug-likeness (QED) is 0.896. The van der Waals surface area contributed by atoms with Gasteiger partial charge in [0.05, 0.1) is 17.1 Å². The Morgan fingerprint density at radius 3 is 2.81 bits per heavy atom. The zero-order valence-electron chi connectivity index (χ0n) is 13.0. The van der Waals surface area contributed by atoms with Crippen LogP contribution in [0.3, 0.4) is 0 Å². The third-order valence-electron chi connectivity index (χ3n) is 3.34. The maximum absolute atomic E-state index is 12.7. The third kappa shape index (κ3) is 4.26. The Morgan fingerprint density at radius 2 is 2.19 bits per heavy atom. The number of sulfonamides is 1. The second-order valence-corrected chi connectivity index (χ2v) is 9.16. The predicted molar refractivity (Wildman–Crippen MR) is 85.1 cm³/mol. The molecule has 1 aliphatic rings. The van der Waals surface area contributed by atoms with Crippen molar-refractivity contribution in [3.05, 3.63) is 16.3 Å². The molecule has 0 radical (unpaired) electrons. The molecular formula is C14H24N2O3S2. The van der Waals surface area contributed by atoms with Crippen LogP contribution in [0.4, 0.5) is 0 Å². The van der Waals surface area contributed by atoms with Crippen LogP contribution in [-0.4, -0.2) is 44.1 Å². The molecule has 0 aromatic carbocycles. The fourth-order valence-electron chi connectivity index (χ4n) is 2.22. The van der Waals surface area contributed by atoms with Gasteiger partial charge < -0.3 is 10.1 Å². The molecule has 7 heteroatoms. The molecule has 1 aromatic heterocycles. The topological polar surface area (TPSA) is 58.6 Å². The molecule has 1 aliphatic heterocycles. The number of hydrogen-bond acceptors (Lipinski definition) is 5. The van der Waals surface area contributed by atoms with Gasteiger partial charge in [0.2, 0.25) is 10.0 Å². The number of rotatable bonds is 5. The smallest absolute Gasteiger partial charge is 0.244 e. The van der Waals surface area contributed by atoms with Crippen LogP contribution >= 0.6 is 11.3 Å². The zero-order valence-corrected chi connectivity index (χ0v) is 14.7. The molecule has 1 fully saturated rings. The monoisotopic (exact) mass is 332 g/mol. The summed E-state index contributed by atoms with van der Waals surface area (Å²) >= 11 is 1.48. The molecule has 1 aromatic rings. The first kappa shape index (κ1) is 16.9. The Hall–Kier alpha value is -0.470. The van der Waals surface area contributed by atoms with E-state index in [1.165, 1.54) is 15.6 Å². The van der Waals surface area contributed by atoms with Crippen molar-refractivity contribution in [3.8, 4) is 0 Å². The second-order valence-electron chi connectivity index (χ2n) is 6.23. The number of ether oxygens (including phenoxy) is 1. The summed E-state index contributed by atoms with van der Waals surface area (Å²) in [6.45, 7) is 9.93. The second kappa shape index (κ2) is 6.34. The van der Waals surface area contributed by atoms with Gasteiger partial charge >= 0.3 is 0 Å². The fraction of sp³-hybridized carbons (Fsp3) is 0.714. The molecule has 1 saturated heterocycles. The number of nitrogens with one attached hydrogen (secondary N) is 1. The van der Waals surface area contributed by atoms with Gasteiger partial charge in [-0.2, -0.15) is 4.31 Å². The van der Waals surface area contributed by atoms with Crippen LogP contribution in [0.5, 0.6) is 0 Å². The molecule has 2 heterocycles. The van der Waals surface area contributed by atoms with E-state index < -0.39 is 15.6 Å². The van der Waals surface area contributed by atoms with Crippen molar-refractivity contribution in [1.29, 1.82) is 0 Å². The molecule has 0 unspecified atom stereocenters. The molecule has 5 nitrogen and oxygen atoms in total. The Morgan fingerprint density at radius 1 is 1.48 bits per heavy atom. The highest BCUT2D eigenvalue weighted by Gasteiger charge is 2.35. The van der Waals surface area contributed by atoms with Crippen molar-refractivity contribution in [2.75, 3.05) is 19.7 Å². The van der Waals surface area contributed by atoms with Crippen LogP contribution in [0.15, 0.2) is 16.3 Å². The van der Waals surface area contributed by atoms with E-state index in [9.17, 15) is 8.42 Å². The lowest BCUT2D eigenvalue weighted by atomic mass is 10.1. The third-order valence-corrected chi connectivity index (χ3v) is 6.25. The lowest BCUT2D eigenvalue weighted by molar-refractivity contribution is -0.0640.